The molecule has 3 aromatic rings. The topological polar surface area (TPSA) is 76.1 Å². The Balaban J connectivity index is 1.81. The molecule has 0 aliphatic heterocycles. The van der Waals surface area contributed by atoms with Gasteiger partial charge in [-0.1, -0.05) is 17.7 Å². The van der Waals surface area contributed by atoms with Crippen LogP contribution in [0.25, 0.3) is 11.0 Å². The highest BCUT2D eigenvalue weighted by atomic mass is 35.5. The van der Waals surface area contributed by atoms with Gasteiger partial charge in [0.25, 0.3) is 5.91 Å². The summed E-state index contributed by atoms with van der Waals surface area (Å²) in [6, 6.07) is 8.59. The van der Waals surface area contributed by atoms with Crippen molar-refractivity contribution in [1.82, 2.24) is 14.1 Å². The molecule has 0 atom stereocenters. The Labute approximate surface area is 158 Å². The summed E-state index contributed by atoms with van der Waals surface area (Å²) >= 11 is 12.3. The molecule has 2 N–H and O–H groups in total. The third kappa shape index (κ3) is 3.71. The van der Waals surface area contributed by atoms with Gasteiger partial charge in [0.05, 0.1) is 30.1 Å². The minimum absolute atomic E-state index is 0.149. The van der Waals surface area contributed by atoms with Crippen LogP contribution in [0, 0.1) is 6.92 Å². The number of anilines is 1. The lowest BCUT2D eigenvalue weighted by molar-refractivity contribution is 0.0975. The standard InChI is InChI=1S/C16H13ClN4O2S2/c1-8-3-5-11-14(21-25-20-11)13(8)18-16(24)19-15(22)10-7-9(17)4-6-12(10)23-2/h3-7H,1-2H3,(H2,18,19,22,24). The van der Waals surface area contributed by atoms with Crippen molar-refractivity contribution in [3.8, 4) is 5.75 Å². The lowest BCUT2D eigenvalue weighted by atomic mass is 10.1. The van der Waals surface area contributed by atoms with E-state index in [-0.39, 0.29) is 5.11 Å². The van der Waals surface area contributed by atoms with E-state index in [0.29, 0.717) is 21.9 Å². The summed E-state index contributed by atoms with van der Waals surface area (Å²) in [5.74, 6) is -0.00948. The number of benzene rings is 2. The fraction of sp³-hybridized carbons (Fsp3) is 0.125. The maximum absolute atomic E-state index is 12.5. The van der Waals surface area contributed by atoms with Crippen LogP contribution in [-0.2, 0) is 0 Å². The lowest BCUT2D eigenvalue weighted by Crippen LogP contribution is -2.34. The van der Waals surface area contributed by atoms with E-state index >= 15 is 0 Å². The average Bonchev–Trinajstić information content (AvgIpc) is 3.06. The molecule has 128 valence electrons. The van der Waals surface area contributed by atoms with E-state index < -0.39 is 5.91 Å². The van der Waals surface area contributed by atoms with Gasteiger partial charge in [-0.3, -0.25) is 10.1 Å². The maximum atomic E-state index is 12.5. The van der Waals surface area contributed by atoms with Crippen molar-refractivity contribution in [1.29, 1.82) is 0 Å². The maximum Gasteiger partial charge on any atom is 0.261 e. The molecular formula is C16H13ClN4O2S2. The molecule has 1 aromatic heterocycles. The number of nitrogens with one attached hydrogen (secondary N) is 2. The van der Waals surface area contributed by atoms with E-state index in [2.05, 4.69) is 19.4 Å². The summed E-state index contributed by atoms with van der Waals surface area (Å²) in [4.78, 5) is 12.5. The molecule has 2 aromatic carbocycles. The minimum Gasteiger partial charge on any atom is -0.496 e. The molecule has 0 aliphatic carbocycles. The molecule has 6 nitrogen and oxygen atoms in total. The number of halogens is 1. The molecule has 1 heterocycles. The highest BCUT2D eigenvalue weighted by molar-refractivity contribution is 7.80. The van der Waals surface area contributed by atoms with Gasteiger partial charge in [0.1, 0.15) is 16.8 Å². The van der Waals surface area contributed by atoms with Gasteiger partial charge in [0, 0.05) is 5.02 Å². The second-order valence-corrected chi connectivity index (χ2v) is 6.52. The summed E-state index contributed by atoms with van der Waals surface area (Å²) in [7, 11) is 1.48. The SMILES string of the molecule is COc1ccc(Cl)cc1C(=O)NC(=S)Nc1c(C)ccc2nsnc12. The van der Waals surface area contributed by atoms with Crippen LogP contribution in [-0.4, -0.2) is 26.9 Å². The van der Waals surface area contributed by atoms with E-state index in [4.69, 9.17) is 28.6 Å². The number of hydrogen-bond donors (Lipinski definition) is 2. The number of nitrogens with zero attached hydrogens (tertiary/aromatic N) is 2. The molecule has 0 saturated heterocycles. The number of carbonyl (C=O) groups is 1. The number of amides is 1. The fourth-order valence-corrected chi connectivity index (χ4v) is 3.19. The smallest absolute Gasteiger partial charge is 0.261 e. The molecule has 0 saturated carbocycles. The number of aryl methyl sites for hydroxylation is 1. The van der Waals surface area contributed by atoms with Crippen molar-refractivity contribution < 1.29 is 9.53 Å². The third-order valence-electron chi connectivity index (χ3n) is 3.51. The van der Waals surface area contributed by atoms with Gasteiger partial charge in [-0.25, -0.2) is 0 Å². The highest BCUT2D eigenvalue weighted by Crippen LogP contribution is 2.26. The number of rotatable bonds is 3. The highest BCUT2D eigenvalue weighted by Gasteiger charge is 2.16. The summed E-state index contributed by atoms with van der Waals surface area (Å²) in [6.07, 6.45) is 0. The van der Waals surface area contributed by atoms with E-state index in [1.807, 2.05) is 19.1 Å². The molecule has 25 heavy (non-hydrogen) atoms. The second-order valence-electron chi connectivity index (χ2n) is 5.14. The quantitative estimate of drug-likeness (QED) is 0.660. The van der Waals surface area contributed by atoms with E-state index in [0.717, 1.165) is 28.5 Å². The summed E-state index contributed by atoms with van der Waals surface area (Å²) in [6.45, 7) is 1.92. The molecule has 0 aliphatic rings. The van der Waals surface area contributed by atoms with Gasteiger partial charge in [-0.15, -0.1) is 0 Å². The number of ether oxygens (including phenoxy) is 1. The Morgan fingerprint density at radius 3 is 2.84 bits per heavy atom. The number of carbonyl (C=O) groups excluding carboxylic acids is 1. The monoisotopic (exact) mass is 392 g/mol. The Bertz CT molecular complexity index is 974. The number of fused-ring (bicyclic) bond motifs is 1. The van der Waals surface area contributed by atoms with Crippen LogP contribution in [0.2, 0.25) is 5.02 Å². The van der Waals surface area contributed by atoms with Crippen molar-refractivity contribution >= 4 is 63.3 Å². The number of methoxy groups -OCH3 is 1. The van der Waals surface area contributed by atoms with Gasteiger partial charge >= 0.3 is 0 Å². The molecule has 0 bridgehead atoms. The van der Waals surface area contributed by atoms with Gasteiger partial charge in [0.15, 0.2) is 5.11 Å². The lowest BCUT2D eigenvalue weighted by Gasteiger charge is -2.13. The van der Waals surface area contributed by atoms with Crippen LogP contribution in [0.15, 0.2) is 30.3 Å². The number of aromatic nitrogens is 2. The first-order chi connectivity index (χ1) is 12.0. The Kier molecular flexibility index (Phi) is 5.12. The van der Waals surface area contributed by atoms with Crippen molar-refractivity contribution in [2.75, 3.05) is 12.4 Å². The molecule has 0 radical (unpaired) electrons. The van der Waals surface area contributed by atoms with Gasteiger partial charge < -0.3 is 10.1 Å². The third-order valence-corrected chi connectivity index (χ3v) is 4.49. The van der Waals surface area contributed by atoms with Crippen molar-refractivity contribution in [3.05, 3.63) is 46.5 Å². The first kappa shape index (κ1) is 17.5. The second kappa shape index (κ2) is 7.30. The fourth-order valence-electron chi connectivity index (χ4n) is 2.28. The normalized spacial score (nSPS) is 10.5. The largest absolute Gasteiger partial charge is 0.496 e. The average molecular weight is 393 g/mol. The first-order valence-corrected chi connectivity index (χ1v) is 8.69. The molecule has 3 rings (SSSR count). The van der Waals surface area contributed by atoms with Crippen LogP contribution < -0.4 is 15.4 Å². The van der Waals surface area contributed by atoms with Crippen molar-refractivity contribution in [2.45, 2.75) is 6.92 Å². The predicted octanol–water partition coefficient (Wildman–Crippen LogP) is 3.79. The van der Waals surface area contributed by atoms with Gasteiger partial charge in [-0.2, -0.15) is 8.75 Å². The minimum atomic E-state index is -0.418. The molecule has 0 unspecified atom stereocenters. The zero-order valence-corrected chi connectivity index (χ0v) is 15.7. The van der Waals surface area contributed by atoms with Crippen LogP contribution in [0.3, 0.4) is 0 Å². The van der Waals surface area contributed by atoms with E-state index in [1.54, 1.807) is 12.1 Å². The van der Waals surface area contributed by atoms with E-state index in [1.165, 1.54) is 13.2 Å². The Morgan fingerprint density at radius 2 is 2.08 bits per heavy atom. The zero-order chi connectivity index (χ0) is 18.0. The number of thiocarbonyl (C=S) groups is 1. The van der Waals surface area contributed by atoms with Crippen molar-refractivity contribution in [2.24, 2.45) is 0 Å². The van der Waals surface area contributed by atoms with Crippen LogP contribution in [0.5, 0.6) is 5.75 Å². The predicted molar refractivity (Wildman–Crippen MR) is 104 cm³/mol. The molecule has 9 heteroatoms. The summed E-state index contributed by atoms with van der Waals surface area (Å²) in [5.41, 5.74) is 3.43. The summed E-state index contributed by atoms with van der Waals surface area (Å²) in [5, 5.41) is 6.23. The zero-order valence-electron chi connectivity index (χ0n) is 13.3. The number of hydrogen-bond acceptors (Lipinski definition) is 6. The van der Waals surface area contributed by atoms with Gasteiger partial charge in [-0.05, 0) is 49.0 Å². The Morgan fingerprint density at radius 1 is 1.28 bits per heavy atom. The molecule has 0 fully saturated rings. The van der Waals surface area contributed by atoms with Crippen LogP contribution in [0.4, 0.5) is 5.69 Å². The van der Waals surface area contributed by atoms with Crippen LogP contribution >= 0.6 is 35.5 Å². The molecular weight excluding hydrogens is 380 g/mol. The Hall–Kier alpha value is -2.29. The van der Waals surface area contributed by atoms with E-state index in [9.17, 15) is 4.79 Å². The van der Waals surface area contributed by atoms with Crippen LogP contribution in [0.1, 0.15) is 15.9 Å². The molecule has 0 spiro atoms. The van der Waals surface area contributed by atoms with Gasteiger partial charge in [0.2, 0.25) is 0 Å². The first-order valence-electron chi connectivity index (χ1n) is 7.17. The summed E-state index contributed by atoms with van der Waals surface area (Å²) < 4.78 is 13.7. The molecule has 1 amide bonds. The van der Waals surface area contributed by atoms with Crippen molar-refractivity contribution in [3.63, 3.8) is 0 Å².